The largest absolute Gasteiger partial charge is 0.481 e. The summed E-state index contributed by atoms with van der Waals surface area (Å²) in [5.41, 5.74) is 1.10. The second kappa shape index (κ2) is 12.4. The van der Waals surface area contributed by atoms with Crippen LogP contribution in [0.1, 0.15) is 65.4 Å². The number of alkyl halides is 3. The highest BCUT2D eigenvalue weighted by atomic mass is 19.4. The maximum Gasteiger partial charge on any atom is 0.395 e. The van der Waals surface area contributed by atoms with Crippen molar-refractivity contribution in [3.8, 4) is 0 Å². The molecule has 0 saturated carbocycles. The molecule has 5 nitrogen and oxygen atoms in total. The molecule has 200 valence electrons. The maximum atomic E-state index is 15.1. The quantitative estimate of drug-likeness (QED) is 0.335. The Hall–Kier alpha value is -2.84. The fourth-order valence-corrected chi connectivity index (χ4v) is 4.03. The van der Waals surface area contributed by atoms with Crippen molar-refractivity contribution in [3.63, 3.8) is 0 Å². The Balaban J connectivity index is 2.06. The van der Waals surface area contributed by atoms with Gasteiger partial charge < -0.3 is 15.3 Å². The monoisotopic (exact) mass is 511 g/mol. The van der Waals surface area contributed by atoms with Gasteiger partial charge in [0.2, 0.25) is 0 Å². The van der Waals surface area contributed by atoms with E-state index in [4.69, 9.17) is 5.11 Å². The zero-order valence-corrected chi connectivity index (χ0v) is 21.6. The lowest BCUT2D eigenvalue weighted by Gasteiger charge is -2.29. The molecule has 36 heavy (non-hydrogen) atoms. The summed E-state index contributed by atoms with van der Waals surface area (Å²) in [5.74, 6) is -2.69. The van der Waals surface area contributed by atoms with E-state index >= 15 is 4.39 Å². The fraction of sp³-hybridized carbons (Fsp3) is 0.556. The van der Waals surface area contributed by atoms with Crippen LogP contribution in [0.25, 0.3) is 0 Å². The van der Waals surface area contributed by atoms with Crippen LogP contribution < -0.4 is 10.2 Å². The van der Waals surface area contributed by atoms with Gasteiger partial charge in [-0.2, -0.15) is 13.2 Å². The van der Waals surface area contributed by atoms with Gasteiger partial charge >= 0.3 is 12.1 Å². The number of halogens is 4. The van der Waals surface area contributed by atoms with Gasteiger partial charge in [-0.15, -0.1) is 0 Å². The molecular formula is C27H37F4N3O2. The van der Waals surface area contributed by atoms with Crippen molar-refractivity contribution in [1.82, 2.24) is 5.32 Å². The van der Waals surface area contributed by atoms with Crippen LogP contribution in [0.2, 0.25) is 0 Å². The van der Waals surface area contributed by atoms with Crippen LogP contribution in [0.4, 0.5) is 23.2 Å². The molecular weight excluding hydrogens is 474 g/mol. The van der Waals surface area contributed by atoms with Crippen molar-refractivity contribution in [3.05, 3.63) is 53.6 Å². The van der Waals surface area contributed by atoms with E-state index in [1.54, 1.807) is 12.1 Å². The van der Waals surface area contributed by atoms with E-state index in [1.165, 1.54) is 25.3 Å². The first-order valence-corrected chi connectivity index (χ1v) is 12.2. The average molecular weight is 512 g/mol. The molecule has 2 N–H and O–H groups in total. The summed E-state index contributed by atoms with van der Waals surface area (Å²) in [4.78, 5) is 17.0. The highest BCUT2D eigenvalue weighted by Crippen LogP contribution is 2.32. The zero-order chi connectivity index (χ0) is 27.1. The van der Waals surface area contributed by atoms with Crippen LogP contribution in [0.3, 0.4) is 0 Å². The lowest BCUT2D eigenvalue weighted by Crippen LogP contribution is -2.27. The summed E-state index contributed by atoms with van der Waals surface area (Å²) in [5, 5.41) is 11.8. The second-order valence-electron chi connectivity index (χ2n) is 10.5. The third kappa shape index (κ3) is 9.32. The number of amidine groups is 1. The molecule has 0 bridgehead atoms. The zero-order valence-electron chi connectivity index (χ0n) is 21.6. The van der Waals surface area contributed by atoms with Crippen molar-refractivity contribution >= 4 is 17.5 Å². The normalized spacial score (nSPS) is 20.1. The van der Waals surface area contributed by atoms with Crippen molar-refractivity contribution in [2.45, 2.75) is 66.0 Å². The molecule has 0 fully saturated rings. The third-order valence-corrected chi connectivity index (χ3v) is 6.50. The van der Waals surface area contributed by atoms with Crippen molar-refractivity contribution < 1.29 is 27.5 Å². The molecule has 0 aliphatic carbocycles. The number of anilines is 1. The number of nitrogens with zero attached hydrogens (tertiary/aromatic N) is 2. The standard InChI is InChI=1S/C27H37F4N3O2/c1-18(15-24(35)36)10-11-26(3,4)12-14-34(5)21-8-9-22(23(28)17-21)25-32-13-6-7-20(27(29,30)31)16-19(2)33-25/h6,8-9,13,16-18,20H,7,10-12,14-15H2,1-5H3,(H,32,33)(H,35,36)/b13-6+,19-16+. The van der Waals surface area contributed by atoms with Gasteiger partial charge in [-0.3, -0.25) is 4.79 Å². The Kier molecular flexibility index (Phi) is 10.1. The van der Waals surface area contributed by atoms with E-state index in [1.807, 2.05) is 18.9 Å². The van der Waals surface area contributed by atoms with E-state index in [-0.39, 0.29) is 41.3 Å². The van der Waals surface area contributed by atoms with E-state index in [9.17, 15) is 18.0 Å². The summed E-state index contributed by atoms with van der Waals surface area (Å²) in [7, 11) is 1.88. The van der Waals surface area contributed by atoms with E-state index in [2.05, 4.69) is 24.2 Å². The molecule has 2 atom stereocenters. The molecule has 1 heterocycles. The maximum absolute atomic E-state index is 15.1. The second-order valence-corrected chi connectivity index (χ2v) is 10.5. The van der Waals surface area contributed by atoms with Gasteiger partial charge in [-0.1, -0.05) is 32.9 Å². The number of carboxylic acid groups (broad SMARTS) is 1. The van der Waals surface area contributed by atoms with Gasteiger partial charge in [-0.25, -0.2) is 9.38 Å². The molecule has 1 aliphatic heterocycles. The molecule has 1 aromatic rings. The van der Waals surface area contributed by atoms with Gasteiger partial charge in [0, 0.05) is 37.6 Å². The Bertz CT molecular complexity index is 999. The van der Waals surface area contributed by atoms with Crippen molar-refractivity contribution in [1.29, 1.82) is 0 Å². The molecule has 0 aromatic heterocycles. The SMILES string of the molecule is C/C1=C\C(C(F)(F)F)C/C=C/N=C(c2ccc(N(C)CCC(C)(C)CCC(C)CC(=O)O)cc2F)N1. The number of allylic oxidation sites excluding steroid dienone is 3. The number of hydrogen-bond acceptors (Lipinski definition) is 4. The number of carboxylic acids is 1. The predicted molar refractivity (Wildman–Crippen MR) is 135 cm³/mol. The van der Waals surface area contributed by atoms with Crippen LogP contribution in [0.15, 0.2) is 47.2 Å². The van der Waals surface area contributed by atoms with Crippen LogP contribution in [0.5, 0.6) is 0 Å². The van der Waals surface area contributed by atoms with Crippen LogP contribution >= 0.6 is 0 Å². The first kappa shape index (κ1) is 29.4. The van der Waals surface area contributed by atoms with Crippen LogP contribution in [-0.4, -0.2) is 36.7 Å². The molecule has 2 rings (SSSR count). The number of nitrogens with one attached hydrogen (secondary N) is 1. The summed E-state index contributed by atoms with van der Waals surface area (Å²) < 4.78 is 54.7. The van der Waals surface area contributed by atoms with Crippen LogP contribution in [0, 0.1) is 23.1 Å². The summed E-state index contributed by atoms with van der Waals surface area (Å²) in [6, 6.07) is 4.74. The Morgan fingerprint density at radius 1 is 1.28 bits per heavy atom. The summed E-state index contributed by atoms with van der Waals surface area (Å²) >= 11 is 0. The van der Waals surface area contributed by atoms with Gasteiger partial charge in [0.15, 0.2) is 0 Å². The molecule has 2 unspecified atom stereocenters. The lowest BCUT2D eigenvalue weighted by molar-refractivity contribution is -0.160. The number of hydrogen-bond donors (Lipinski definition) is 2. The van der Waals surface area contributed by atoms with Gasteiger partial charge in [-0.05, 0) is 62.1 Å². The first-order valence-electron chi connectivity index (χ1n) is 12.2. The Morgan fingerprint density at radius 2 is 1.97 bits per heavy atom. The molecule has 1 aromatic carbocycles. The van der Waals surface area contributed by atoms with Gasteiger partial charge in [0.25, 0.3) is 0 Å². The number of carbonyl (C=O) groups is 1. The average Bonchev–Trinajstić information content (AvgIpc) is 2.85. The van der Waals surface area contributed by atoms with E-state index < -0.39 is 23.9 Å². The minimum atomic E-state index is -4.37. The minimum absolute atomic E-state index is 0.00000399. The fourth-order valence-electron chi connectivity index (χ4n) is 4.03. The minimum Gasteiger partial charge on any atom is -0.481 e. The van der Waals surface area contributed by atoms with Crippen LogP contribution in [-0.2, 0) is 4.79 Å². The number of benzene rings is 1. The van der Waals surface area contributed by atoms with Gasteiger partial charge in [0.1, 0.15) is 11.7 Å². The molecule has 1 aliphatic rings. The Morgan fingerprint density at radius 3 is 2.58 bits per heavy atom. The third-order valence-electron chi connectivity index (χ3n) is 6.50. The molecule has 0 radical (unpaired) electrons. The predicted octanol–water partition coefficient (Wildman–Crippen LogP) is 6.91. The molecule has 9 heteroatoms. The first-order chi connectivity index (χ1) is 16.7. The number of rotatable bonds is 10. The topological polar surface area (TPSA) is 64.9 Å². The Labute approximate surface area is 211 Å². The summed E-state index contributed by atoms with van der Waals surface area (Å²) in [6.45, 7) is 8.42. The summed E-state index contributed by atoms with van der Waals surface area (Å²) in [6.07, 6.45) is 1.81. The number of aliphatic imine (C=N–C) groups is 1. The van der Waals surface area contributed by atoms with Gasteiger partial charge in [0.05, 0.1) is 11.5 Å². The molecule has 0 amide bonds. The lowest BCUT2D eigenvalue weighted by atomic mass is 9.81. The van der Waals surface area contributed by atoms with E-state index in [0.29, 0.717) is 12.2 Å². The number of aliphatic carboxylic acids is 1. The highest BCUT2D eigenvalue weighted by molar-refractivity contribution is 6.00. The van der Waals surface area contributed by atoms with Crippen molar-refractivity contribution in [2.75, 3.05) is 18.5 Å². The molecule has 0 saturated heterocycles. The smallest absolute Gasteiger partial charge is 0.395 e. The van der Waals surface area contributed by atoms with Crippen molar-refractivity contribution in [2.24, 2.45) is 22.2 Å². The molecule has 0 spiro atoms. The highest BCUT2D eigenvalue weighted by Gasteiger charge is 2.37. The van der Waals surface area contributed by atoms with E-state index in [0.717, 1.165) is 25.3 Å².